The lowest BCUT2D eigenvalue weighted by Gasteiger charge is -2.05. The minimum Gasteiger partial charge on any atom is -0.382 e. The second-order valence-electron chi connectivity index (χ2n) is 3.72. The molecule has 15 heavy (non-hydrogen) atoms. The van der Waals surface area contributed by atoms with Crippen molar-refractivity contribution in [1.29, 1.82) is 5.41 Å². The Morgan fingerprint density at radius 2 is 2.13 bits per heavy atom. The van der Waals surface area contributed by atoms with Crippen LogP contribution in [0.5, 0.6) is 0 Å². The molecular formula is C11H20N4. The average Bonchev–Trinajstić information content (AvgIpc) is 2.52. The van der Waals surface area contributed by atoms with Crippen LogP contribution in [-0.4, -0.2) is 15.4 Å². The van der Waals surface area contributed by atoms with Gasteiger partial charge in [0.05, 0.1) is 0 Å². The van der Waals surface area contributed by atoms with Gasteiger partial charge in [-0.15, -0.1) is 0 Å². The smallest absolute Gasteiger partial charge is 0.143 e. The van der Waals surface area contributed by atoms with Crippen molar-refractivity contribution in [1.82, 2.24) is 9.55 Å². The molecule has 0 aliphatic carbocycles. The molecule has 0 aromatic carbocycles. The van der Waals surface area contributed by atoms with E-state index in [1.807, 2.05) is 6.92 Å². The van der Waals surface area contributed by atoms with Crippen LogP contribution in [0.2, 0.25) is 0 Å². The average molecular weight is 208 g/mol. The van der Waals surface area contributed by atoms with E-state index in [0.717, 1.165) is 37.3 Å². The van der Waals surface area contributed by atoms with Crippen LogP contribution in [-0.2, 0) is 13.0 Å². The number of imidazole rings is 1. The lowest BCUT2D eigenvalue weighted by atomic mass is 10.2. The molecule has 3 N–H and O–H groups in total. The molecule has 0 aliphatic heterocycles. The van der Waals surface area contributed by atoms with Gasteiger partial charge in [0, 0.05) is 18.7 Å². The molecule has 0 fully saturated rings. The van der Waals surface area contributed by atoms with Gasteiger partial charge in [0.2, 0.25) is 0 Å². The Labute approximate surface area is 91.0 Å². The fraction of sp³-hybridized carbons (Fsp3) is 0.636. The Morgan fingerprint density at radius 1 is 1.47 bits per heavy atom. The minimum atomic E-state index is 0.0671. The summed E-state index contributed by atoms with van der Waals surface area (Å²) < 4.78 is 2.15. The molecule has 4 heteroatoms. The fourth-order valence-electron chi connectivity index (χ4n) is 1.79. The molecule has 0 saturated carbocycles. The molecule has 1 aromatic heterocycles. The van der Waals surface area contributed by atoms with Crippen molar-refractivity contribution in [2.45, 2.75) is 46.6 Å². The van der Waals surface area contributed by atoms with Crippen molar-refractivity contribution in [3.8, 4) is 0 Å². The fourth-order valence-corrected chi connectivity index (χ4v) is 1.79. The Balaban J connectivity index is 3.04. The Morgan fingerprint density at radius 3 is 2.60 bits per heavy atom. The molecule has 0 bridgehead atoms. The Kier molecular flexibility index (Phi) is 3.88. The van der Waals surface area contributed by atoms with Crippen LogP contribution in [0.3, 0.4) is 0 Å². The molecule has 0 spiro atoms. The first-order chi connectivity index (χ1) is 7.11. The molecule has 1 heterocycles. The molecule has 0 saturated heterocycles. The third-order valence-electron chi connectivity index (χ3n) is 2.63. The van der Waals surface area contributed by atoms with Gasteiger partial charge in [-0.25, -0.2) is 4.98 Å². The van der Waals surface area contributed by atoms with Gasteiger partial charge in [0.15, 0.2) is 0 Å². The summed E-state index contributed by atoms with van der Waals surface area (Å²) in [6.07, 6.45) is 3.26. The number of nitrogens with one attached hydrogen (secondary N) is 1. The highest BCUT2D eigenvalue weighted by Gasteiger charge is 2.13. The number of amidine groups is 1. The minimum absolute atomic E-state index is 0.0671. The van der Waals surface area contributed by atoms with Crippen molar-refractivity contribution < 1.29 is 0 Å². The summed E-state index contributed by atoms with van der Waals surface area (Å²) in [5.41, 5.74) is 7.14. The van der Waals surface area contributed by atoms with E-state index >= 15 is 0 Å². The van der Waals surface area contributed by atoms with Gasteiger partial charge in [0.1, 0.15) is 17.4 Å². The van der Waals surface area contributed by atoms with Gasteiger partial charge in [0.25, 0.3) is 0 Å². The largest absolute Gasteiger partial charge is 0.382 e. The number of unbranched alkanes of at least 4 members (excludes halogenated alkanes) is 1. The number of nitrogen functional groups attached to an aromatic ring is 1. The lowest BCUT2D eigenvalue weighted by molar-refractivity contribution is 0.650. The number of nitrogens with two attached hydrogens (primary N) is 1. The molecule has 0 aliphatic rings. The zero-order valence-electron chi connectivity index (χ0n) is 9.80. The normalized spacial score (nSPS) is 10.6. The van der Waals surface area contributed by atoms with E-state index in [1.165, 1.54) is 0 Å². The molecule has 0 amide bonds. The Hall–Kier alpha value is -1.32. The van der Waals surface area contributed by atoms with Gasteiger partial charge in [-0.05, 0) is 20.3 Å². The topological polar surface area (TPSA) is 67.7 Å². The highest BCUT2D eigenvalue weighted by atomic mass is 15.1. The van der Waals surface area contributed by atoms with Crippen LogP contribution in [0.1, 0.15) is 43.9 Å². The van der Waals surface area contributed by atoms with Crippen molar-refractivity contribution in [2.75, 3.05) is 0 Å². The molecular weight excluding hydrogens is 188 g/mol. The third-order valence-corrected chi connectivity index (χ3v) is 2.63. The van der Waals surface area contributed by atoms with Crippen LogP contribution >= 0.6 is 0 Å². The predicted octanol–water partition coefficient (Wildman–Crippen LogP) is 1.84. The summed E-state index contributed by atoms with van der Waals surface area (Å²) in [5, 5.41) is 7.44. The van der Waals surface area contributed by atoms with Crippen molar-refractivity contribution in [3.63, 3.8) is 0 Å². The van der Waals surface area contributed by atoms with Crippen molar-refractivity contribution >= 4 is 5.84 Å². The highest BCUT2D eigenvalue weighted by molar-refractivity contribution is 5.94. The number of hydrogen-bond acceptors (Lipinski definition) is 2. The number of aromatic nitrogens is 2. The summed E-state index contributed by atoms with van der Waals surface area (Å²) in [5.74, 6) is 1.12. The first-order valence-corrected chi connectivity index (χ1v) is 5.52. The number of rotatable bonds is 5. The van der Waals surface area contributed by atoms with E-state index in [-0.39, 0.29) is 5.84 Å². The SMILES string of the molecule is CCCCc1nc(C(=N)N)c(C)n1CC. The monoisotopic (exact) mass is 208 g/mol. The number of aryl methyl sites for hydroxylation is 1. The molecule has 0 unspecified atom stereocenters. The quantitative estimate of drug-likeness (QED) is 0.572. The summed E-state index contributed by atoms with van der Waals surface area (Å²) in [6.45, 7) is 7.12. The van der Waals surface area contributed by atoms with Crippen LogP contribution in [0, 0.1) is 12.3 Å². The highest BCUT2D eigenvalue weighted by Crippen LogP contribution is 2.12. The van der Waals surface area contributed by atoms with E-state index in [9.17, 15) is 0 Å². The van der Waals surface area contributed by atoms with Gasteiger partial charge < -0.3 is 10.3 Å². The molecule has 0 atom stereocenters. The van der Waals surface area contributed by atoms with E-state index in [4.69, 9.17) is 11.1 Å². The second kappa shape index (κ2) is 4.96. The van der Waals surface area contributed by atoms with Gasteiger partial charge in [-0.3, -0.25) is 5.41 Å². The third kappa shape index (κ3) is 2.37. The predicted molar refractivity (Wildman–Crippen MR) is 62.3 cm³/mol. The van der Waals surface area contributed by atoms with Crippen LogP contribution in [0.4, 0.5) is 0 Å². The maximum Gasteiger partial charge on any atom is 0.143 e. The standard InChI is InChI=1S/C11H20N4/c1-4-6-7-9-14-10(11(12)13)8(3)15(9)5-2/h4-7H2,1-3H3,(H3,12,13). The van der Waals surface area contributed by atoms with Crippen LogP contribution in [0.15, 0.2) is 0 Å². The van der Waals surface area contributed by atoms with E-state index in [2.05, 4.69) is 23.4 Å². The molecule has 1 rings (SSSR count). The summed E-state index contributed by atoms with van der Waals surface area (Å²) in [6, 6.07) is 0. The van der Waals surface area contributed by atoms with E-state index in [0.29, 0.717) is 5.69 Å². The van der Waals surface area contributed by atoms with Gasteiger partial charge in [-0.1, -0.05) is 13.3 Å². The molecule has 0 radical (unpaired) electrons. The molecule has 1 aromatic rings. The van der Waals surface area contributed by atoms with Crippen molar-refractivity contribution in [3.05, 3.63) is 17.2 Å². The van der Waals surface area contributed by atoms with Crippen LogP contribution < -0.4 is 5.73 Å². The van der Waals surface area contributed by atoms with E-state index in [1.54, 1.807) is 0 Å². The lowest BCUT2D eigenvalue weighted by Crippen LogP contribution is -2.13. The summed E-state index contributed by atoms with van der Waals surface area (Å²) in [7, 11) is 0. The zero-order chi connectivity index (χ0) is 11.4. The Bertz CT molecular complexity index is 352. The number of nitrogens with zero attached hydrogens (tertiary/aromatic N) is 2. The zero-order valence-corrected chi connectivity index (χ0v) is 9.80. The summed E-state index contributed by atoms with van der Waals surface area (Å²) >= 11 is 0. The second-order valence-corrected chi connectivity index (χ2v) is 3.72. The van der Waals surface area contributed by atoms with Crippen LogP contribution in [0.25, 0.3) is 0 Å². The van der Waals surface area contributed by atoms with Gasteiger partial charge in [-0.2, -0.15) is 0 Å². The molecule has 84 valence electrons. The molecule has 4 nitrogen and oxygen atoms in total. The maximum atomic E-state index is 7.44. The van der Waals surface area contributed by atoms with Crippen molar-refractivity contribution in [2.24, 2.45) is 5.73 Å². The number of hydrogen-bond donors (Lipinski definition) is 2. The maximum absolute atomic E-state index is 7.44. The summed E-state index contributed by atoms with van der Waals surface area (Å²) in [4.78, 5) is 4.43. The van der Waals surface area contributed by atoms with Gasteiger partial charge >= 0.3 is 0 Å². The first-order valence-electron chi connectivity index (χ1n) is 5.52. The van der Waals surface area contributed by atoms with E-state index < -0.39 is 0 Å². The first kappa shape index (κ1) is 11.8.